The predicted octanol–water partition coefficient (Wildman–Crippen LogP) is -1.09. The number of rotatable bonds is 9. The van der Waals surface area contributed by atoms with Crippen LogP contribution in [0.25, 0.3) is 0 Å². The van der Waals surface area contributed by atoms with Gasteiger partial charge in [0.15, 0.2) is 0 Å². The molecule has 0 saturated carbocycles. The summed E-state index contributed by atoms with van der Waals surface area (Å²) in [6.45, 7) is 1.50. The monoisotopic (exact) mass is 275 g/mol. The summed E-state index contributed by atoms with van der Waals surface area (Å²) in [4.78, 5) is 11.5. The molecule has 0 aliphatic heterocycles. The van der Waals surface area contributed by atoms with Crippen molar-refractivity contribution in [3.8, 4) is 0 Å². The second kappa shape index (κ2) is 8.84. The van der Waals surface area contributed by atoms with E-state index in [1.165, 1.54) is 16.4 Å². The number of nitrogens with one attached hydrogen (secondary N) is 1. The normalized spacial score (nSPS) is 10.6. The first kappa shape index (κ1) is 14.9. The minimum atomic E-state index is -0.0744. The molecule has 1 aromatic rings. The number of ether oxygens (including phenoxy) is 1. The molecule has 1 aromatic heterocycles. The van der Waals surface area contributed by atoms with E-state index in [1.54, 1.807) is 7.11 Å². The van der Waals surface area contributed by atoms with E-state index in [0.717, 1.165) is 6.42 Å². The van der Waals surface area contributed by atoms with Crippen LogP contribution in [0.3, 0.4) is 0 Å². The molecule has 2 N–H and O–H groups in total. The number of aliphatic hydroxyl groups excluding tert-OH is 1. The van der Waals surface area contributed by atoms with Gasteiger partial charge in [-0.3, -0.25) is 4.79 Å². The average molecular weight is 275 g/mol. The number of hydrogen-bond acceptors (Lipinski definition) is 7. The minimum absolute atomic E-state index is 0.0399. The molecule has 1 rings (SSSR count). The highest BCUT2D eigenvalue weighted by Gasteiger charge is 2.09. The molecule has 0 aliphatic carbocycles. The number of aliphatic hydroxyl groups is 1. The Morgan fingerprint density at radius 1 is 1.61 bits per heavy atom. The van der Waals surface area contributed by atoms with Crippen LogP contribution in [0, 0.1) is 0 Å². The highest BCUT2D eigenvalue weighted by Crippen LogP contribution is 2.12. The van der Waals surface area contributed by atoms with Gasteiger partial charge >= 0.3 is 0 Å². The van der Waals surface area contributed by atoms with E-state index in [0.29, 0.717) is 24.9 Å². The Balaban J connectivity index is 2.22. The van der Waals surface area contributed by atoms with E-state index in [9.17, 15) is 4.79 Å². The van der Waals surface area contributed by atoms with Gasteiger partial charge in [-0.15, -0.1) is 5.10 Å². The first-order valence-corrected chi connectivity index (χ1v) is 6.52. The number of carbonyl (C=O) groups excluding carboxylic acids is 1. The van der Waals surface area contributed by atoms with Gasteiger partial charge in [0.05, 0.1) is 18.9 Å². The Morgan fingerprint density at radius 2 is 2.44 bits per heavy atom. The average Bonchev–Trinajstić information content (AvgIpc) is 2.80. The van der Waals surface area contributed by atoms with Gasteiger partial charge in [-0.05, 0) is 16.8 Å². The van der Waals surface area contributed by atoms with Crippen LogP contribution in [0.15, 0.2) is 5.16 Å². The summed E-state index contributed by atoms with van der Waals surface area (Å²) in [5.74, 6) is 0.174. The van der Waals surface area contributed by atoms with Gasteiger partial charge in [-0.25, -0.2) is 4.68 Å². The van der Waals surface area contributed by atoms with Crippen LogP contribution in [-0.2, 0) is 16.1 Å². The molecule has 1 amide bonds. The smallest absolute Gasteiger partial charge is 0.230 e. The molecule has 0 fully saturated rings. The molecule has 8 nitrogen and oxygen atoms in total. The van der Waals surface area contributed by atoms with Crippen molar-refractivity contribution in [2.24, 2.45) is 0 Å². The lowest BCUT2D eigenvalue weighted by atomic mass is 10.4. The van der Waals surface area contributed by atoms with Crippen LogP contribution in [0.5, 0.6) is 0 Å². The SMILES string of the molecule is COCCCNC(=O)CSc1nnnn1CCO. The summed E-state index contributed by atoms with van der Waals surface area (Å²) in [6.07, 6.45) is 0.787. The fourth-order valence-electron chi connectivity index (χ4n) is 1.16. The van der Waals surface area contributed by atoms with Gasteiger partial charge < -0.3 is 15.2 Å². The highest BCUT2D eigenvalue weighted by atomic mass is 32.2. The van der Waals surface area contributed by atoms with Crippen LogP contribution < -0.4 is 5.32 Å². The summed E-state index contributed by atoms with van der Waals surface area (Å²) >= 11 is 1.24. The zero-order valence-corrected chi connectivity index (χ0v) is 11.0. The molecule has 0 aromatic carbocycles. The van der Waals surface area contributed by atoms with Crippen molar-refractivity contribution in [1.29, 1.82) is 0 Å². The molecule has 0 atom stereocenters. The molecule has 9 heteroatoms. The fourth-order valence-corrected chi connectivity index (χ4v) is 1.89. The molecular formula is C9H17N5O3S. The van der Waals surface area contributed by atoms with Crippen molar-refractivity contribution in [2.75, 3.05) is 32.6 Å². The highest BCUT2D eigenvalue weighted by molar-refractivity contribution is 7.99. The van der Waals surface area contributed by atoms with Gasteiger partial charge in [0.1, 0.15) is 0 Å². The summed E-state index contributed by atoms with van der Waals surface area (Å²) in [5.41, 5.74) is 0. The topological polar surface area (TPSA) is 102 Å². The summed E-state index contributed by atoms with van der Waals surface area (Å²) in [7, 11) is 1.62. The van der Waals surface area contributed by atoms with E-state index >= 15 is 0 Å². The summed E-state index contributed by atoms with van der Waals surface area (Å²) in [6, 6.07) is 0. The molecule has 0 saturated heterocycles. The Morgan fingerprint density at radius 3 is 3.17 bits per heavy atom. The van der Waals surface area contributed by atoms with Crippen molar-refractivity contribution in [3.63, 3.8) is 0 Å². The number of thioether (sulfide) groups is 1. The maximum Gasteiger partial charge on any atom is 0.230 e. The number of nitrogens with zero attached hydrogens (tertiary/aromatic N) is 4. The molecule has 0 aliphatic rings. The number of hydrogen-bond donors (Lipinski definition) is 2. The van der Waals surface area contributed by atoms with E-state index in [-0.39, 0.29) is 18.3 Å². The number of carbonyl (C=O) groups is 1. The molecule has 0 spiro atoms. The number of methoxy groups -OCH3 is 1. The standard InChI is InChI=1S/C9H17N5O3S/c1-17-6-2-3-10-8(16)7-18-9-11-12-13-14(9)4-5-15/h15H,2-7H2,1H3,(H,10,16). The van der Waals surface area contributed by atoms with Crippen LogP contribution in [0.1, 0.15) is 6.42 Å². The summed E-state index contributed by atoms with van der Waals surface area (Å²) < 4.78 is 6.34. The van der Waals surface area contributed by atoms with Crippen LogP contribution >= 0.6 is 11.8 Å². The molecule has 18 heavy (non-hydrogen) atoms. The third kappa shape index (κ3) is 5.43. The molecular weight excluding hydrogens is 258 g/mol. The van der Waals surface area contributed by atoms with Crippen LogP contribution in [0.2, 0.25) is 0 Å². The molecule has 0 unspecified atom stereocenters. The van der Waals surface area contributed by atoms with Crippen LogP contribution in [0.4, 0.5) is 0 Å². The van der Waals surface area contributed by atoms with Crippen molar-refractivity contribution in [3.05, 3.63) is 0 Å². The minimum Gasteiger partial charge on any atom is -0.394 e. The second-order valence-electron chi connectivity index (χ2n) is 3.39. The van der Waals surface area contributed by atoms with Gasteiger partial charge in [-0.2, -0.15) is 0 Å². The first-order valence-electron chi connectivity index (χ1n) is 5.53. The van der Waals surface area contributed by atoms with Crippen LogP contribution in [-0.4, -0.2) is 63.8 Å². The van der Waals surface area contributed by atoms with Gasteiger partial charge in [0.25, 0.3) is 0 Å². The van der Waals surface area contributed by atoms with E-state index in [4.69, 9.17) is 9.84 Å². The number of amides is 1. The lowest BCUT2D eigenvalue weighted by molar-refractivity contribution is -0.118. The molecule has 102 valence electrons. The first-order chi connectivity index (χ1) is 8.77. The van der Waals surface area contributed by atoms with Crippen molar-refractivity contribution in [2.45, 2.75) is 18.1 Å². The quantitative estimate of drug-likeness (QED) is 0.436. The zero-order valence-electron chi connectivity index (χ0n) is 10.2. The third-order valence-corrected chi connectivity index (χ3v) is 2.95. The third-order valence-electron chi connectivity index (χ3n) is 1.99. The van der Waals surface area contributed by atoms with E-state index in [2.05, 4.69) is 20.8 Å². The number of aromatic nitrogens is 4. The maximum absolute atomic E-state index is 11.5. The van der Waals surface area contributed by atoms with Gasteiger partial charge in [0, 0.05) is 20.3 Å². The lowest BCUT2D eigenvalue weighted by Gasteiger charge is -2.04. The maximum atomic E-state index is 11.5. The Labute approximate surface area is 109 Å². The molecule has 1 heterocycles. The Bertz CT molecular complexity index is 360. The lowest BCUT2D eigenvalue weighted by Crippen LogP contribution is -2.27. The zero-order chi connectivity index (χ0) is 13.2. The van der Waals surface area contributed by atoms with E-state index in [1.807, 2.05) is 0 Å². The summed E-state index contributed by atoms with van der Waals surface area (Å²) in [5, 5.41) is 23.0. The van der Waals surface area contributed by atoms with Crippen molar-refractivity contribution in [1.82, 2.24) is 25.5 Å². The van der Waals surface area contributed by atoms with E-state index < -0.39 is 0 Å². The fraction of sp³-hybridized carbons (Fsp3) is 0.778. The van der Waals surface area contributed by atoms with Gasteiger partial charge in [-0.1, -0.05) is 11.8 Å². The predicted molar refractivity (Wildman–Crippen MR) is 65.1 cm³/mol. The Hall–Kier alpha value is -1.19. The number of tetrazole rings is 1. The van der Waals surface area contributed by atoms with Crippen molar-refractivity contribution < 1.29 is 14.6 Å². The van der Waals surface area contributed by atoms with Crippen molar-refractivity contribution >= 4 is 17.7 Å². The second-order valence-corrected chi connectivity index (χ2v) is 4.34. The largest absolute Gasteiger partial charge is 0.394 e. The molecule has 0 bridgehead atoms. The molecule has 0 radical (unpaired) electrons. The van der Waals surface area contributed by atoms with Gasteiger partial charge in [0.2, 0.25) is 11.1 Å². The Kier molecular flexibility index (Phi) is 7.30.